The van der Waals surface area contributed by atoms with Gasteiger partial charge in [0.25, 0.3) is 10.2 Å². The Morgan fingerprint density at radius 2 is 2.04 bits per heavy atom. The summed E-state index contributed by atoms with van der Waals surface area (Å²) in [6, 6.07) is 14.0. The van der Waals surface area contributed by atoms with Gasteiger partial charge in [-0.2, -0.15) is 18.0 Å². The van der Waals surface area contributed by atoms with Crippen LogP contribution < -0.4 is 14.8 Å². The second-order valence-electron chi connectivity index (χ2n) is 6.81. The number of aromatic nitrogens is 3. The zero-order chi connectivity index (χ0) is 18.9. The van der Waals surface area contributed by atoms with Gasteiger partial charge in [0.2, 0.25) is 0 Å². The van der Waals surface area contributed by atoms with Gasteiger partial charge in [-0.3, -0.25) is 0 Å². The van der Waals surface area contributed by atoms with Crippen LogP contribution in [0, 0.1) is 5.92 Å². The molecule has 8 nitrogen and oxygen atoms in total. The van der Waals surface area contributed by atoms with Gasteiger partial charge in [-0.05, 0) is 18.8 Å². The Kier molecular flexibility index (Phi) is 4.81. The lowest BCUT2D eigenvalue weighted by Crippen LogP contribution is -2.43. The van der Waals surface area contributed by atoms with Gasteiger partial charge in [0.1, 0.15) is 5.82 Å². The first-order chi connectivity index (χ1) is 13.0. The molecule has 1 unspecified atom stereocenters. The predicted octanol–water partition coefficient (Wildman–Crippen LogP) is 1.41. The highest BCUT2D eigenvalue weighted by Crippen LogP contribution is 2.27. The van der Waals surface area contributed by atoms with E-state index >= 15 is 0 Å². The summed E-state index contributed by atoms with van der Waals surface area (Å²) in [6.07, 6.45) is 3.67. The summed E-state index contributed by atoms with van der Waals surface area (Å²) in [5.74, 6) is 1.15. The van der Waals surface area contributed by atoms with E-state index in [9.17, 15) is 8.42 Å². The highest BCUT2D eigenvalue weighted by atomic mass is 32.2. The minimum Gasteiger partial charge on any atom is -0.356 e. The molecule has 0 spiro atoms. The van der Waals surface area contributed by atoms with Crippen LogP contribution in [-0.2, 0) is 10.2 Å². The Morgan fingerprint density at radius 3 is 2.81 bits per heavy atom. The van der Waals surface area contributed by atoms with Crippen molar-refractivity contribution in [2.75, 3.05) is 24.5 Å². The van der Waals surface area contributed by atoms with E-state index in [-0.39, 0.29) is 5.92 Å². The Morgan fingerprint density at radius 1 is 1.22 bits per heavy atom. The largest absolute Gasteiger partial charge is 0.356 e. The second kappa shape index (κ2) is 7.26. The van der Waals surface area contributed by atoms with E-state index in [1.165, 1.54) is 0 Å². The van der Waals surface area contributed by atoms with Crippen LogP contribution in [0.5, 0.6) is 0 Å². The number of nitrogens with zero attached hydrogens (tertiary/aromatic N) is 4. The summed E-state index contributed by atoms with van der Waals surface area (Å²) < 4.78 is 26.7. The second-order valence-corrected chi connectivity index (χ2v) is 8.19. The third-order valence-corrected chi connectivity index (χ3v) is 5.40. The highest BCUT2D eigenvalue weighted by Gasteiger charge is 2.23. The molecule has 0 aliphatic carbocycles. The Labute approximate surface area is 158 Å². The molecule has 3 heterocycles. The molecule has 0 amide bonds. The zero-order valence-corrected chi connectivity index (χ0v) is 15.6. The topological polar surface area (TPSA) is 106 Å². The van der Waals surface area contributed by atoms with Gasteiger partial charge in [0.05, 0.1) is 11.9 Å². The number of fused-ring (bicyclic) bond motifs is 1. The van der Waals surface area contributed by atoms with E-state index in [1.54, 1.807) is 6.20 Å². The lowest BCUT2D eigenvalue weighted by atomic mass is 9.98. The fraction of sp³-hybridized carbons (Fsp3) is 0.333. The maximum absolute atomic E-state index is 11.2. The minimum absolute atomic E-state index is 0.191. The van der Waals surface area contributed by atoms with Gasteiger partial charge in [0.15, 0.2) is 5.65 Å². The quantitative estimate of drug-likeness (QED) is 0.690. The molecule has 142 valence electrons. The Bertz CT molecular complexity index is 1030. The average molecular weight is 386 g/mol. The summed E-state index contributed by atoms with van der Waals surface area (Å²) >= 11 is 0. The van der Waals surface area contributed by atoms with Crippen LogP contribution in [-0.4, -0.2) is 42.7 Å². The number of piperidine rings is 1. The molecule has 0 bridgehead atoms. The minimum atomic E-state index is -3.67. The van der Waals surface area contributed by atoms with Crippen molar-refractivity contribution >= 4 is 21.7 Å². The molecule has 0 radical (unpaired) electrons. The third-order valence-electron chi connectivity index (χ3n) is 4.83. The lowest BCUT2D eigenvalue weighted by molar-refractivity contribution is 0.408. The first-order valence-corrected chi connectivity index (χ1v) is 10.5. The molecule has 2 aromatic heterocycles. The van der Waals surface area contributed by atoms with Crippen LogP contribution in [0.1, 0.15) is 12.8 Å². The van der Waals surface area contributed by atoms with Crippen molar-refractivity contribution in [1.29, 1.82) is 0 Å². The molecule has 3 N–H and O–H groups in total. The van der Waals surface area contributed by atoms with Crippen LogP contribution in [0.4, 0.5) is 5.82 Å². The molecular weight excluding hydrogens is 364 g/mol. The number of rotatable bonds is 5. The van der Waals surface area contributed by atoms with Crippen molar-refractivity contribution in [2.45, 2.75) is 12.8 Å². The number of nitrogens with one attached hydrogen (secondary N) is 1. The van der Waals surface area contributed by atoms with Gasteiger partial charge >= 0.3 is 0 Å². The van der Waals surface area contributed by atoms with E-state index in [2.05, 4.69) is 14.7 Å². The number of hydrogen-bond acceptors (Lipinski definition) is 5. The maximum atomic E-state index is 11.2. The molecule has 1 aliphatic heterocycles. The predicted molar refractivity (Wildman–Crippen MR) is 104 cm³/mol. The van der Waals surface area contributed by atoms with Crippen molar-refractivity contribution in [1.82, 2.24) is 19.3 Å². The van der Waals surface area contributed by atoms with E-state index in [0.717, 1.165) is 48.7 Å². The van der Waals surface area contributed by atoms with Crippen LogP contribution in [0.25, 0.3) is 16.9 Å². The third kappa shape index (κ3) is 4.10. The Balaban J connectivity index is 1.65. The molecule has 0 saturated carbocycles. The molecule has 1 aromatic carbocycles. The molecule has 9 heteroatoms. The normalized spacial score (nSPS) is 18.1. The zero-order valence-electron chi connectivity index (χ0n) is 14.8. The monoisotopic (exact) mass is 386 g/mol. The molecule has 27 heavy (non-hydrogen) atoms. The van der Waals surface area contributed by atoms with Crippen LogP contribution in [0.15, 0.2) is 48.7 Å². The van der Waals surface area contributed by atoms with Crippen molar-refractivity contribution in [3.63, 3.8) is 0 Å². The SMILES string of the molecule is NS(=O)(=O)NCC1CCCN(c2cc(-c3ccccc3)nc3ccnn23)C1. The molecule has 4 rings (SSSR count). The van der Waals surface area contributed by atoms with Gasteiger partial charge in [0, 0.05) is 37.3 Å². The molecule has 1 atom stereocenters. The molecule has 1 fully saturated rings. The van der Waals surface area contributed by atoms with E-state index < -0.39 is 10.2 Å². The highest BCUT2D eigenvalue weighted by molar-refractivity contribution is 7.87. The van der Waals surface area contributed by atoms with Crippen LogP contribution in [0.2, 0.25) is 0 Å². The molecule has 1 saturated heterocycles. The first-order valence-electron chi connectivity index (χ1n) is 8.92. The van der Waals surface area contributed by atoms with Crippen LogP contribution in [0.3, 0.4) is 0 Å². The standard InChI is InChI=1S/C18H22N6O2S/c19-27(25,26)21-12-14-5-4-10-23(13-14)18-11-16(15-6-2-1-3-7-15)22-17-8-9-20-24(17)18/h1-3,6-9,11,14,21H,4-5,10,12-13H2,(H2,19,25,26). The number of benzene rings is 1. The number of hydrogen-bond donors (Lipinski definition) is 2. The smallest absolute Gasteiger partial charge is 0.274 e. The first kappa shape index (κ1) is 17.9. The average Bonchev–Trinajstić information content (AvgIpc) is 3.15. The summed E-state index contributed by atoms with van der Waals surface area (Å²) in [4.78, 5) is 6.96. The summed E-state index contributed by atoms with van der Waals surface area (Å²) in [6.45, 7) is 1.96. The van der Waals surface area contributed by atoms with Crippen molar-refractivity contribution in [2.24, 2.45) is 11.1 Å². The van der Waals surface area contributed by atoms with Crippen molar-refractivity contribution < 1.29 is 8.42 Å². The van der Waals surface area contributed by atoms with Gasteiger partial charge < -0.3 is 4.90 Å². The number of nitrogens with two attached hydrogens (primary N) is 1. The van der Waals surface area contributed by atoms with E-state index in [1.807, 2.05) is 47.0 Å². The summed E-state index contributed by atoms with van der Waals surface area (Å²) in [7, 11) is -3.67. The van der Waals surface area contributed by atoms with Gasteiger partial charge in [-0.25, -0.2) is 14.8 Å². The fourth-order valence-corrected chi connectivity index (χ4v) is 4.02. The lowest BCUT2D eigenvalue weighted by Gasteiger charge is -2.34. The summed E-state index contributed by atoms with van der Waals surface area (Å²) in [5.41, 5.74) is 2.73. The molecule has 3 aromatic rings. The summed E-state index contributed by atoms with van der Waals surface area (Å²) in [5, 5.41) is 9.49. The van der Waals surface area contributed by atoms with E-state index in [0.29, 0.717) is 6.54 Å². The van der Waals surface area contributed by atoms with Crippen LogP contribution >= 0.6 is 0 Å². The number of anilines is 1. The van der Waals surface area contributed by atoms with Gasteiger partial charge in [-0.1, -0.05) is 30.3 Å². The Hall–Kier alpha value is -2.49. The van der Waals surface area contributed by atoms with E-state index in [4.69, 9.17) is 10.1 Å². The molecule has 1 aliphatic rings. The fourth-order valence-electron chi connectivity index (χ4n) is 3.55. The van der Waals surface area contributed by atoms with Gasteiger partial charge in [-0.15, -0.1) is 0 Å². The van der Waals surface area contributed by atoms with Crippen molar-refractivity contribution in [3.05, 3.63) is 48.7 Å². The maximum Gasteiger partial charge on any atom is 0.274 e. The van der Waals surface area contributed by atoms with Crippen molar-refractivity contribution in [3.8, 4) is 11.3 Å². The molecular formula is C18H22N6O2S.